The molecule has 4 aromatic carbocycles. The molecule has 0 aliphatic carbocycles. The first-order valence-corrected chi connectivity index (χ1v) is 15.3. The van der Waals surface area contributed by atoms with Crippen molar-refractivity contribution in [2.75, 3.05) is 0 Å². The van der Waals surface area contributed by atoms with Gasteiger partial charge in [0.15, 0.2) is 0 Å². The number of aromatic nitrogens is 9. The van der Waals surface area contributed by atoms with Crippen LogP contribution in [-0.2, 0) is 20.1 Å². The van der Waals surface area contributed by atoms with Gasteiger partial charge in [-0.1, -0.05) is 60.3 Å². The summed E-state index contributed by atoms with van der Waals surface area (Å²) in [6.07, 6.45) is 5.20. The van der Waals surface area contributed by atoms with Crippen LogP contribution >= 0.6 is 0 Å². The maximum absolute atomic E-state index is 4.46. The van der Waals surface area contributed by atoms with Gasteiger partial charge in [-0.05, 0) is 65.7 Å². The Morgan fingerprint density at radius 2 is 1.27 bits per heavy atom. The largest absolute Gasteiger partial charge is 0.574 e. The Hall–Kier alpha value is -6.22. The number of hydrogen-bond acceptors (Lipinski definition) is 7. The minimum Gasteiger partial charge on any atom is -0.574 e. The minimum absolute atomic E-state index is 0. The third kappa shape index (κ3) is 6.51. The predicted octanol–water partition coefficient (Wildman–Crippen LogP) is 7.66. The quantitative estimate of drug-likeness (QED) is 0.163. The third-order valence-corrected chi connectivity index (χ3v) is 7.83. The predicted molar refractivity (Wildman–Crippen MR) is 186 cm³/mol. The number of para-hydroxylation sites is 2. The maximum atomic E-state index is 4.46. The molecule has 10 heteroatoms. The van der Waals surface area contributed by atoms with Crippen molar-refractivity contribution in [3.05, 3.63) is 158 Å². The van der Waals surface area contributed by atoms with Gasteiger partial charge in [0.2, 0.25) is 5.82 Å². The van der Waals surface area contributed by atoms with E-state index in [1.54, 1.807) is 18.5 Å². The Morgan fingerprint density at radius 3 is 2.04 bits per heavy atom. The van der Waals surface area contributed by atoms with Crippen LogP contribution in [0, 0.1) is 6.07 Å². The molecule has 1 radical (unpaired) electrons. The maximum Gasteiger partial charge on any atom is 0.220 e. The van der Waals surface area contributed by atoms with Crippen LogP contribution < -0.4 is 5.10 Å². The average molecular weight is 812 g/mol. The molecule has 0 atom stereocenters. The van der Waals surface area contributed by atoms with E-state index in [0.717, 1.165) is 33.8 Å². The summed E-state index contributed by atoms with van der Waals surface area (Å²) in [6, 6.07) is 47.7. The van der Waals surface area contributed by atoms with Gasteiger partial charge in [-0.25, -0.2) is 0 Å². The van der Waals surface area contributed by atoms with E-state index in [0.29, 0.717) is 17.3 Å². The Morgan fingerprint density at radius 1 is 0.531 bits per heavy atom. The Bertz CT molecular complexity index is 2370. The van der Waals surface area contributed by atoms with Crippen LogP contribution in [0.3, 0.4) is 0 Å². The number of fused-ring (bicyclic) bond motifs is 3. The van der Waals surface area contributed by atoms with E-state index < -0.39 is 0 Å². The Balaban J connectivity index is 0.000000171. The molecule has 5 heterocycles. The number of nitrogens with zero attached hydrogens (tertiary/aromatic N) is 9. The fourth-order valence-electron chi connectivity index (χ4n) is 5.59. The summed E-state index contributed by atoms with van der Waals surface area (Å²) >= 11 is 0. The van der Waals surface area contributed by atoms with Crippen LogP contribution in [0.4, 0.5) is 0 Å². The Kier molecular flexibility index (Phi) is 9.14. The molecule has 237 valence electrons. The molecular weight excluding hydrogens is 787 g/mol. The zero-order chi connectivity index (χ0) is 32.1. The molecule has 49 heavy (non-hydrogen) atoms. The summed E-state index contributed by atoms with van der Waals surface area (Å²) in [5.41, 5.74) is 8.88. The van der Waals surface area contributed by atoms with Gasteiger partial charge in [-0.2, -0.15) is 10.2 Å². The molecule has 9 aromatic rings. The zero-order valence-electron chi connectivity index (χ0n) is 25.8. The van der Waals surface area contributed by atoms with Gasteiger partial charge in [0.05, 0.1) is 11.0 Å². The van der Waals surface area contributed by atoms with Crippen molar-refractivity contribution in [2.24, 2.45) is 0 Å². The van der Waals surface area contributed by atoms with E-state index in [2.05, 4.69) is 124 Å². The number of hydrogen-bond donors (Lipinski definition) is 0. The summed E-state index contributed by atoms with van der Waals surface area (Å²) in [6.45, 7) is 0. The van der Waals surface area contributed by atoms with Crippen molar-refractivity contribution in [3.8, 4) is 51.1 Å². The number of benzene rings is 4. The molecule has 0 aliphatic heterocycles. The normalized spacial score (nSPS) is 10.7. The van der Waals surface area contributed by atoms with Crippen molar-refractivity contribution in [1.29, 1.82) is 0 Å². The first kappa shape index (κ1) is 31.4. The number of rotatable bonds is 5. The zero-order valence-corrected chi connectivity index (χ0v) is 28.2. The second-order valence-electron chi connectivity index (χ2n) is 10.8. The van der Waals surface area contributed by atoms with E-state index in [1.807, 2.05) is 60.8 Å². The van der Waals surface area contributed by atoms with Crippen LogP contribution in [0.15, 0.2) is 152 Å². The van der Waals surface area contributed by atoms with E-state index in [-0.39, 0.29) is 20.1 Å². The molecule has 0 fully saturated rings. The second-order valence-corrected chi connectivity index (χ2v) is 10.8. The van der Waals surface area contributed by atoms with Gasteiger partial charge in [0.25, 0.3) is 0 Å². The molecule has 0 saturated carbocycles. The van der Waals surface area contributed by atoms with Crippen LogP contribution in [0.2, 0.25) is 0 Å². The molecule has 0 spiro atoms. The summed E-state index contributed by atoms with van der Waals surface area (Å²) in [5.74, 6) is 0.866. The minimum atomic E-state index is 0. The van der Waals surface area contributed by atoms with E-state index in [9.17, 15) is 0 Å². The molecule has 0 unspecified atom stereocenters. The molecule has 9 nitrogen and oxygen atoms in total. The van der Waals surface area contributed by atoms with Crippen molar-refractivity contribution in [3.63, 3.8) is 0 Å². The molecule has 9 rings (SSSR count). The van der Waals surface area contributed by atoms with Crippen molar-refractivity contribution >= 4 is 21.8 Å². The Labute approximate surface area is 295 Å². The van der Waals surface area contributed by atoms with Crippen molar-refractivity contribution in [1.82, 2.24) is 45.1 Å². The summed E-state index contributed by atoms with van der Waals surface area (Å²) in [4.78, 5) is 8.60. The topological polar surface area (TPSA) is 109 Å². The number of pyridine rings is 2. The van der Waals surface area contributed by atoms with E-state index in [4.69, 9.17) is 0 Å². The molecule has 0 amide bonds. The second kappa shape index (κ2) is 14.3. The van der Waals surface area contributed by atoms with Crippen LogP contribution in [0.25, 0.3) is 72.9 Å². The van der Waals surface area contributed by atoms with Crippen molar-refractivity contribution < 1.29 is 20.1 Å². The molecule has 5 aromatic heterocycles. The monoisotopic (exact) mass is 812 g/mol. The molecule has 0 aliphatic rings. The summed E-state index contributed by atoms with van der Waals surface area (Å²) in [5, 5.41) is 26.6. The van der Waals surface area contributed by atoms with Gasteiger partial charge >= 0.3 is 0 Å². The van der Waals surface area contributed by atoms with Gasteiger partial charge in [0, 0.05) is 60.8 Å². The molecule has 0 N–H and O–H groups in total. The first-order chi connectivity index (χ1) is 23.8. The standard InChI is InChI=1S/C26H17N4.C13H8N5.Ir/c1-2-6-20(7-3-1)30-25-9-5-4-8-21(25)22-16-18(10-11-26(22)30)19-12-14-27-24(17-19)23-13-15-28-29-23;1-2-6-10(7-3-1)12-15-17-13(18-16-12)11-8-4-5-9-14-11;/h1-17H;1-6,8-9H;/q2*-1;. The van der Waals surface area contributed by atoms with E-state index >= 15 is 0 Å². The summed E-state index contributed by atoms with van der Waals surface area (Å²) < 4.78 is 2.33. The van der Waals surface area contributed by atoms with E-state index in [1.165, 1.54) is 21.8 Å². The molecule has 0 saturated heterocycles. The van der Waals surface area contributed by atoms with Gasteiger partial charge in [-0.3, -0.25) is 9.97 Å². The third-order valence-electron chi connectivity index (χ3n) is 7.83. The van der Waals surface area contributed by atoms with Crippen molar-refractivity contribution in [2.45, 2.75) is 0 Å². The van der Waals surface area contributed by atoms with Gasteiger partial charge < -0.3 is 14.8 Å². The van der Waals surface area contributed by atoms with Crippen LogP contribution in [0.1, 0.15) is 0 Å². The van der Waals surface area contributed by atoms with Crippen LogP contribution in [0.5, 0.6) is 0 Å². The average Bonchev–Trinajstić information content (AvgIpc) is 3.83. The summed E-state index contributed by atoms with van der Waals surface area (Å²) in [7, 11) is 0. The van der Waals surface area contributed by atoms with Gasteiger partial charge in [-0.15, -0.1) is 46.1 Å². The SMILES string of the molecule is [Ir].[c-]1ccccc1-c1nnc(-c2ccccn2)nn1.c1ccc(-n2c3ccccc3c3cc(-c4ccnc(-c5ccn[n-]5)c4)ccc32)cc1. The fraction of sp³-hybridized carbons (Fsp3) is 0. The fourth-order valence-corrected chi connectivity index (χ4v) is 5.59. The van der Waals surface area contributed by atoms with Crippen LogP contribution in [-0.4, -0.2) is 40.0 Å². The van der Waals surface area contributed by atoms with Gasteiger partial charge in [0.1, 0.15) is 11.5 Å². The smallest absolute Gasteiger partial charge is 0.220 e. The molecular formula is C39H25IrN9-2. The first-order valence-electron chi connectivity index (χ1n) is 15.3. The molecule has 0 bridgehead atoms.